The van der Waals surface area contributed by atoms with Gasteiger partial charge in [0.1, 0.15) is 0 Å². The largest absolute Gasteiger partial charge is 0.341 e. The molecule has 1 unspecified atom stereocenters. The molecule has 2 rings (SSSR count). The first-order valence-electron chi connectivity index (χ1n) is 7.60. The molecule has 122 valence electrons. The maximum Gasteiger partial charge on any atom is 0.222 e. The van der Waals surface area contributed by atoms with Crippen LogP contribution < -0.4 is 5.32 Å². The van der Waals surface area contributed by atoms with Crippen molar-refractivity contribution in [2.24, 2.45) is 5.92 Å². The summed E-state index contributed by atoms with van der Waals surface area (Å²) in [7, 11) is -1.38. The number of benzene rings is 1. The molecule has 1 saturated heterocycles. The maximum atomic E-state index is 12.1. The Hall–Kier alpha value is -1.40. The number of hydrogen-bond acceptors (Lipinski definition) is 4. The van der Waals surface area contributed by atoms with Crippen molar-refractivity contribution < 1.29 is 13.2 Å². The molecular weight excluding hydrogens is 300 g/mol. The third-order valence-corrected chi connectivity index (χ3v) is 5.25. The average molecular weight is 324 g/mol. The lowest BCUT2D eigenvalue weighted by Crippen LogP contribution is -2.26. The number of amides is 1. The molecule has 0 radical (unpaired) electrons. The quantitative estimate of drug-likeness (QED) is 0.860. The van der Waals surface area contributed by atoms with Gasteiger partial charge in [0, 0.05) is 26.3 Å². The van der Waals surface area contributed by atoms with Crippen LogP contribution in [0.15, 0.2) is 29.2 Å². The summed E-state index contributed by atoms with van der Waals surface area (Å²) in [6.45, 7) is 2.58. The van der Waals surface area contributed by atoms with Crippen LogP contribution in [0, 0.1) is 5.92 Å². The molecule has 0 aliphatic carbocycles. The lowest BCUT2D eigenvalue weighted by molar-refractivity contribution is -0.130. The number of hydrogen-bond donors (Lipinski definition) is 1. The summed E-state index contributed by atoms with van der Waals surface area (Å²) in [5.74, 6) is 0.755. The van der Waals surface area contributed by atoms with Crippen LogP contribution in [0.4, 0.5) is 0 Å². The minimum atomic E-state index is -3.17. The highest BCUT2D eigenvalue weighted by Gasteiger charge is 2.17. The van der Waals surface area contributed by atoms with Crippen LogP contribution in [0.2, 0.25) is 0 Å². The second-order valence-corrected chi connectivity index (χ2v) is 8.08. The summed E-state index contributed by atoms with van der Waals surface area (Å²) < 4.78 is 22.8. The van der Waals surface area contributed by atoms with E-state index in [1.165, 1.54) is 6.26 Å². The molecule has 22 heavy (non-hydrogen) atoms. The summed E-state index contributed by atoms with van der Waals surface area (Å²) in [5.41, 5.74) is 0.936. The van der Waals surface area contributed by atoms with E-state index in [2.05, 4.69) is 5.32 Å². The van der Waals surface area contributed by atoms with Crippen LogP contribution in [0.25, 0.3) is 0 Å². The van der Waals surface area contributed by atoms with E-state index in [9.17, 15) is 13.2 Å². The molecule has 0 spiro atoms. The first-order chi connectivity index (χ1) is 10.4. The summed E-state index contributed by atoms with van der Waals surface area (Å²) in [5, 5.41) is 3.31. The van der Waals surface area contributed by atoms with Gasteiger partial charge in [-0.2, -0.15) is 0 Å². The molecule has 1 aromatic carbocycles. The average Bonchev–Trinajstić information content (AvgIpc) is 2.97. The molecule has 1 fully saturated rings. The molecule has 0 aromatic heterocycles. The highest BCUT2D eigenvalue weighted by molar-refractivity contribution is 7.90. The molecule has 1 amide bonds. The SMILES string of the molecule is CN(Cc1ccc(S(C)(=O)=O)cc1)C(=O)CCC1CCNC1. The Morgan fingerprint density at radius 3 is 2.55 bits per heavy atom. The van der Waals surface area contributed by atoms with Crippen molar-refractivity contribution in [2.45, 2.75) is 30.7 Å². The number of rotatable bonds is 6. The Labute approximate surface area is 132 Å². The fourth-order valence-electron chi connectivity index (χ4n) is 2.68. The van der Waals surface area contributed by atoms with Gasteiger partial charge >= 0.3 is 0 Å². The van der Waals surface area contributed by atoms with Crippen LogP contribution in [0.1, 0.15) is 24.8 Å². The van der Waals surface area contributed by atoms with Gasteiger partial charge in [-0.3, -0.25) is 4.79 Å². The summed E-state index contributed by atoms with van der Waals surface area (Å²) in [6, 6.07) is 6.71. The zero-order valence-corrected chi connectivity index (χ0v) is 14.0. The molecule has 1 heterocycles. The number of nitrogens with zero attached hydrogens (tertiary/aromatic N) is 1. The molecule has 0 saturated carbocycles. The molecule has 1 atom stereocenters. The number of sulfone groups is 1. The Morgan fingerprint density at radius 1 is 1.32 bits per heavy atom. The molecule has 1 N–H and O–H groups in total. The minimum absolute atomic E-state index is 0.138. The topological polar surface area (TPSA) is 66.5 Å². The molecule has 0 bridgehead atoms. The van der Waals surface area contributed by atoms with Crippen LogP contribution in [-0.2, 0) is 21.2 Å². The number of carbonyl (C=O) groups is 1. The molecule has 1 aromatic rings. The lowest BCUT2D eigenvalue weighted by Gasteiger charge is -2.18. The standard InChI is InChI=1S/C16H24N2O3S/c1-18(16(19)8-5-13-9-10-17-11-13)12-14-3-6-15(7-4-14)22(2,20)21/h3-4,6-7,13,17H,5,8-12H2,1-2H3. The van der Waals surface area contributed by atoms with Gasteiger partial charge < -0.3 is 10.2 Å². The van der Waals surface area contributed by atoms with E-state index < -0.39 is 9.84 Å². The van der Waals surface area contributed by atoms with E-state index in [4.69, 9.17) is 0 Å². The van der Waals surface area contributed by atoms with Crippen LogP contribution >= 0.6 is 0 Å². The number of carbonyl (C=O) groups excluding carboxylic acids is 1. The van der Waals surface area contributed by atoms with Crippen molar-refractivity contribution in [1.82, 2.24) is 10.2 Å². The van der Waals surface area contributed by atoms with Gasteiger partial charge in [-0.25, -0.2) is 8.42 Å². The molecule has 1 aliphatic rings. The second-order valence-electron chi connectivity index (χ2n) is 6.06. The zero-order valence-electron chi connectivity index (χ0n) is 13.2. The van der Waals surface area contributed by atoms with Crippen LogP contribution in [0.3, 0.4) is 0 Å². The van der Waals surface area contributed by atoms with Crippen molar-refractivity contribution in [3.63, 3.8) is 0 Å². The first kappa shape index (κ1) is 17.0. The molecular formula is C16H24N2O3S. The highest BCUT2D eigenvalue weighted by atomic mass is 32.2. The predicted octanol–water partition coefficient (Wildman–Crippen LogP) is 1.44. The number of nitrogens with one attached hydrogen (secondary N) is 1. The lowest BCUT2D eigenvalue weighted by atomic mass is 10.0. The smallest absolute Gasteiger partial charge is 0.222 e. The van der Waals surface area contributed by atoms with Crippen molar-refractivity contribution in [2.75, 3.05) is 26.4 Å². The van der Waals surface area contributed by atoms with E-state index in [1.54, 1.807) is 36.2 Å². The fraction of sp³-hybridized carbons (Fsp3) is 0.562. The Bertz CT molecular complexity index is 605. The Morgan fingerprint density at radius 2 is 2.00 bits per heavy atom. The van der Waals surface area contributed by atoms with Gasteiger partial charge in [0.2, 0.25) is 5.91 Å². The van der Waals surface area contributed by atoms with Gasteiger partial charge in [-0.1, -0.05) is 12.1 Å². The molecule has 5 nitrogen and oxygen atoms in total. The summed E-state index contributed by atoms with van der Waals surface area (Å²) in [6.07, 6.45) is 3.85. The van der Waals surface area contributed by atoms with E-state index in [1.807, 2.05) is 0 Å². The first-order valence-corrected chi connectivity index (χ1v) is 9.49. The van der Waals surface area contributed by atoms with E-state index in [0.29, 0.717) is 23.8 Å². The van der Waals surface area contributed by atoms with Crippen molar-refractivity contribution in [1.29, 1.82) is 0 Å². The predicted molar refractivity (Wildman–Crippen MR) is 86.2 cm³/mol. The van der Waals surface area contributed by atoms with Gasteiger partial charge in [-0.15, -0.1) is 0 Å². The van der Waals surface area contributed by atoms with E-state index >= 15 is 0 Å². The van der Waals surface area contributed by atoms with Gasteiger partial charge in [0.05, 0.1) is 4.90 Å². The molecule has 1 aliphatic heterocycles. The summed E-state index contributed by atoms with van der Waals surface area (Å²) >= 11 is 0. The Balaban J connectivity index is 1.85. The van der Waals surface area contributed by atoms with Gasteiger partial charge in [0.15, 0.2) is 9.84 Å². The third kappa shape index (κ3) is 4.81. The zero-order chi connectivity index (χ0) is 16.2. The fourth-order valence-corrected chi connectivity index (χ4v) is 3.31. The van der Waals surface area contributed by atoms with E-state index in [-0.39, 0.29) is 5.91 Å². The van der Waals surface area contributed by atoms with Gasteiger partial charge in [0.25, 0.3) is 0 Å². The second kappa shape index (κ2) is 7.24. The van der Waals surface area contributed by atoms with Crippen LogP contribution in [0.5, 0.6) is 0 Å². The molecule has 6 heteroatoms. The van der Waals surface area contributed by atoms with E-state index in [0.717, 1.165) is 31.5 Å². The minimum Gasteiger partial charge on any atom is -0.341 e. The van der Waals surface area contributed by atoms with Crippen LogP contribution in [-0.4, -0.2) is 45.6 Å². The summed E-state index contributed by atoms with van der Waals surface area (Å²) in [4.78, 5) is 14.2. The monoisotopic (exact) mass is 324 g/mol. The van der Waals surface area contributed by atoms with Crippen molar-refractivity contribution >= 4 is 15.7 Å². The third-order valence-electron chi connectivity index (χ3n) is 4.13. The maximum absolute atomic E-state index is 12.1. The van der Waals surface area contributed by atoms with Crippen molar-refractivity contribution in [3.05, 3.63) is 29.8 Å². The normalized spacial score (nSPS) is 18.4. The Kier molecular flexibility index (Phi) is 5.58. The van der Waals surface area contributed by atoms with Gasteiger partial charge in [-0.05, 0) is 49.5 Å². The highest BCUT2D eigenvalue weighted by Crippen LogP contribution is 2.16. The van der Waals surface area contributed by atoms with Crippen molar-refractivity contribution in [3.8, 4) is 0 Å².